The van der Waals surface area contributed by atoms with Crippen LogP contribution in [0.4, 0.5) is 0 Å². The number of alkyl halides is 1. The lowest BCUT2D eigenvalue weighted by atomic mass is 10.0. The molecule has 3 nitrogen and oxygen atoms in total. The monoisotopic (exact) mass is 367 g/mol. The van der Waals surface area contributed by atoms with Gasteiger partial charge in [-0.1, -0.05) is 59.3 Å². The third-order valence-corrected chi connectivity index (χ3v) is 7.31. The summed E-state index contributed by atoms with van der Waals surface area (Å²) < 4.78 is 27.5. The molecular weight excluding hydrogens is 350 g/mol. The minimum Gasteiger partial charge on any atom is -0.207 e. The number of benzene rings is 2. The molecule has 112 valence electrons. The summed E-state index contributed by atoms with van der Waals surface area (Å²) in [4.78, 5) is 0.630. The number of hydrogen-bond donors (Lipinski definition) is 0. The van der Waals surface area contributed by atoms with E-state index in [1.54, 1.807) is 10.4 Å². The average molecular weight is 368 g/mol. The Hall–Kier alpha value is -0.910. The predicted octanol–water partition coefficient (Wildman–Crippen LogP) is 3.63. The minimum absolute atomic E-state index is 0.219. The van der Waals surface area contributed by atoms with Gasteiger partial charge in [-0.3, -0.25) is 0 Å². The Morgan fingerprint density at radius 1 is 1.14 bits per heavy atom. The van der Waals surface area contributed by atoms with E-state index >= 15 is 0 Å². The van der Waals surface area contributed by atoms with Gasteiger partial charge in [-0.05, 0) is 23.8 Å². The van der Waals surface area contributed by atoms with Crippen molar-refractivity contribution in [2.45, 2.75) is 23.1 Å². The summed E-state index contributed by atoms with van der Waals surface area (Å²) in [7, 11) is -3.44. The summed E-state index contributed by atoms with van der Waals surface area (Å²) in [6.45, 7) is 3.28. The maximum atomic E-state index is 13.0. The van der Waals surface area contributed by atoms with Crippen LogP contribution in [0.1, 0.15) is 13.3 Å². The Morgan fingerprint density at radius 3 is 2.62 bits per heavy atom. The van der Waals surface area contributed by atoms with Crippen LogP contribution in [0.15, 0.2) is 47.4 Å². The van der Waals surface area contributed by atoms with E-state index in [0.717, 1.165) is 17.2 Å². The second kappa shape index (κ2) is 5.71. The molecule has 1 heterocycles. The van der Waals surface area contributed by atoms with Crippen LogP contribution in [-0.2, 0) is 10.0 Å². The molecule has 2 aromatic carbocycles. The first kappa shape index (κ1) is 15.0. The van der Waals surface area contributed by atoms with E-state index < -0.39 is 10.0 Å². The van der Waals surface area contributed by atoms with Crippen molar-refractivity contribution in [1.82, 2.24) is 4.31 Å². The van der Waals surface area contributed by atoms with E-state index in [-0.39, 0.29) is 4.83 Å². The maximum absolute atomic E-state index is 13.0. The normalized spacial score (nSPS) is 24.3. The fourth-order valence-corrected chi connectivity index (χ4v) is 5.27. The number of halogens is 1. The Labute approximate surface area is 134 Å². The predicted molar refractivity (Wildman–Crippen MR) is 89.2 cm³/mol. The zero-order chi connectivity index (χ0) is 15.0. The largest absolute Gasteiger partial charge is 0.243 e. The first-order chi connectivity index (χ1) is 10.00. The summed E-state index contributed by atoms with van der Waals surface area (Å²) in [5, 5.41) is 1.75. The van der Waals surface area contributed by atoms with Crippen molar-refractivity contribution in [3.05, 3.63) is 42.5 Å². The molecule has 1 saturated heterocycles. The molecule has 0 aliphatic carbocycles. The Kier molecular flexibility index (Phi) is 4.08. The van der Waals surface area contributed by atoms with Gasteiger partial charge in [0, 0.05) is 23.3 Å². The number of rotatable bonds is 2. The number of nitrogens with zero attached hydrogens (tertiary/aromatic N) is 1. The van der Waals surface area contributed by atoms with Gasteiger partial charge in [-0.15, -0.1) is 0 Å². The highest BCUT2D eigenvalue weighted by molar-refractivity contribution is 9.09. The fourth-order valence-electron chi connectivity index (χ4n) is 2.77. The minimum atomic E-state index is -3.44. The lowest BCUT2D eigenvalue weighted by Crippen LogP contribution is -2.43. The molecule has 1 aliphatic heterocycles. The van der Waals surface area contributed by atoms with Crippen LogP contribution in [0.3, 0.4) is 0 Å². The van der Waals surface area contributed by atoms with Crippen molar-refractivity contribution in [2.24, 2.45) is 5.92 Å². The molecule has 0 aromatic heterocycles. The molecule has 2 unspecified atom stereocenters. The molecular formula is C16H18BrNO2S. The lowest BCUT2D eigenvalue weighted by molar-refractivity contribution is 0.300. The highest BCUT2D eigenvalue weighted by Gasteiger charge is 2.33. The van der Waals surface area contributed by atoms with Gasteiger partial charge in [-0.2, -0.15) is 4.31 Å². The van der Waals surface area contributed by atoms with Crippen LogP contribution >= 0.6 is 15.9 Å². The maximum Gasteiger partial charge on any atom is 0.243 e. The second-order valence-corrected chi connectivity index (χ2v) is 8.70. The Bertz CT molecular complexity index is 754. The number of sulfonamides is 1. The highest BCUT2D eigenvalue weighted by atomic mass is 79.9. The molecule has 0 radical (unpaired) electrons. The van der Waals surface area contributed by atoms with Gasteiger partial charge in [0.05, 0.1) is 4.90 Å². The first-order valence-corrected chi connectivity index (χ1v) is 9.47. The van der Waals surface area contributed by atoms with Crippen molar-refractivity contribution in [1.29, 1.82) is 0 Å². The molecule has 0 amide bonds. The van der Waals surface area contributed by atoms with Crippen molar-refractivity contribution < 1.29 is 8.42 Å². The molecule has 1 aliphatic rings. The molecule has 0 bridgehead atoms. The van der Waals surface area contributed by atoms with Crippen molar-refractivity contribution in [3.63, 3.8) is 0 Å². The van der Waals surface area contributed by atoms with Gasteiger partial charge in [0.2, 0.25) is 10.0 Å². The lowest BCUT2D eigenvalue weighted by Gasteiger charge is -2.33. The number of piperidine rings is 1. The van der Waals surface area contributed by atoms with E-state index in [0.29, 0.717) is 23.9 Å². The summed E-state index contributed by atoms with van der Waals surface area (Å²) >= 11 is 3.60. The van der Waals surface area contributed by atoms with Gasteiger partial charge in [0.15, 0.2) is 0 Å². The van der Waals surface area contributed by atoms with Crippen LogP contribution in [0.2, 0.25) is 0 Å². The van der Waals surface area contributed by atoms with Gasteiger partial charge < -0.3 is 0 Å². The van der Waals surface area contributed by atoms with Crippen LogP contribution < -0.4 is 0 Å². The third-order valence-electron chi connectivity index (χ3n) is 4.20. The van der Waals surface area contributed by atoms with Gasteiger partial charge in [0.25, 0.3) is 0 Å². The Balaban J connectivity index is 2.05. The second-order valence-electron chi connectivity index (χ2n) is 5.62. The number of fused-ring (bicyclic) bond motifs is 1. The molecule has 1 fully saturated rings. The quantitative estimate of drug-likeness (QED) is 0.759. The van der Waals surface area contributed by atoms with Crippen LogP contribution in [0.5, 0.6) is 0 Å². The highest BCUT2D eigenvalue weighted by Crippen LogP contribution is 2.30. The molecule has 0 saturated carbocycles. The molecule has 21 heavy (non-hydrogen) atoms. The van der Waals surface area contributed by atoms with Crippen molar-refractivity contribution in [3.8, 4) is 0 Å². The van der Waals surface area contributed by atoms with E-state index in [9.17, 15) is 8.42 Å². The number of hydrogen-bond acceptors (Lipinski definition) is 2. The molecule has 5 heteroatoms. The fraction of sp³-hybridized carbons (Fsp3) is 0.375. The van der Waals surface area contributed by atoms with Crippen LogP contribution in [-0.4, -0.2) is 30.6 Å². The zero-order valence-electron chi connectivity index (χ0n) is 11.9. The van der Waals surface area contributed by atoms with Crippen molar-refractivity contribution in [2.75, 3.05) is 13.1 Å². The average Bonchev–Trinajstić information content (AvgIpc) is 2.49. The van der Waals surface area contributed by atoms with Gasteiger partial charge in [-0.25, -0.2) is 8.42 Å². The topological polar surface area (TPSA) is 37.4 Å². The Morgan fingerprint density at radius 2 is 1.86 bits per heavy atom. The standard InChI is InChI=1S/C16H18BrNO2S/c1-12-9-10-18(11-15(12)17)21(19,20)16-8-4-6-13-5-2-3-7-14(13)16/h2-8,12,15H,9-11H2,1H3. The molecule has 0 spiro atoms. The molecule has 2 atom stereocenters. The first-order valence-electron chi connectivity index (χ1n) is 7.12. The molecule has 2 aromatic rings. The van der Waals surface area contributed by atoms with Gasteiger partial charge in [0.1, 0.15) is 0 Å². The summed E-state index contributed by atoms with van der Waals surface area (Å²) in [5.74, 6) is 0.504. The summed E-state index contributed by atoms with van der Waals surface area (Å²) in [6, 6.07) is 13.1. The zero-order valence-corrected chi connectivity index (χ0v) is 14.3. The van der Waals surface area contributed by atoms with E-state index in [1.165, 1.54) is 0 Å². The smallest absolute Gasteiger partial charge is 0.207 e. The summed E-state index contributed by atoms with van der Waals surface area (Å²) in [5.41, 5.74) is 0. The third kappa shape index (κ3) is 2.74. The van der Waals surface area contributed by atoms with Crippen LogP contribution in [0, 0.1) is 5.92 Å². The van der Waals surface area contributed by atoms with Crippen LogP contribution in [0.25, 0.3) is 10.8 Å². The molecule has 3 rings (SSSR count). The van der Waals surface area contributed by atoms with E-state index in [2.05, 4.69) is 22.9 Å². The van der Waals surface area contributed by atoms with Crippen molar-refractivity contribution >= 4 is 36.7 Å². The van der Waals surface area contributed by atoms with E-state index in [1.807, 2.05) is 36.4 Å². The summed E-state index contributed by atoms with van der Waals surface area (Å²) in [6.07, 6.45) is 0.889. The SMILES string of the molecule is CC1CCN(S(=O)(=O)c2cccc3ccccc23)CC1Br. The molecule has 0 N–H and O–H groups in total. The van der Waals surface area contributed by atoms with Gasteiger partial charge >= 0.3 is 0 Å². The van der Waals surface area contributed by atoms with E-state index in [4.69, 9.17) is 0 Å².